The van der Waals surface area contributed by atoms with Crippen LogP contribution in [0.5, 0.6) is 0 Å². The Morgan fingerprint density at radius 2 is 1.69 bits per heavy atom. The van der Waals surface area contributed by atoms with Crippen LogP contribution in [0.3, 0.4) is 0 Å². The number of likely N-dealkylation sites (N-methyl/N-ethyl adjacent to an activating group) is 1. The van der Waals surface area contributed by atoms with Crippen molar-refractivity contribution in [2.75, 3.05) is 20.1 Å². The Hall–Kier alpha value is -1.16. The van der Waals surface area contributed by atoms with Crippen molar-refractivity contribution in [2.24, 2.45) is 0 Å². The van der Waals surface area contributed by atoms with Gasteiger partial charge in [-0.25, -0.2) is 0 Å². The van der Waals surface area contributed by atoms with E-state index in [9.17, 15) is 9.59 Å². The van der Waals surface area contributed by atoms with Crippen LogP contribution in [0.15, 0.2) is 12.2 Å². The minimum atomic E-state index is -0.217. The van der Waals surface area contributed by atoms with Gasteiger partial charge >= 0.3 is 0 Å². The van der Waals surface area contributed by atoms with E-state index in [2.05, 4.69) is 5.32 Å². The van der Waals surface area contributed by atoms with Crippen molar-refractivity contribution >= 4 is 11.8 Å². The number of carbonyl (C=O) groups is 2. The fourth-order valence-corrected chi connectivity index (χ4v) is 0.875. The third-order valence-electron chi connectivity index (χ3n) is 1.49. The minimum absolute atomic E-state index is 0.217. The van der Waals surface area contributed by atoms with E-state index >= 15 is 0 Å². The number of imide groups is 1. The second-order valence-corrected chi connectivity index (χ2v) is 2.27. The largest absolute Gasteiger partial charge is 0.318 e. The van der Waals surface area contributed by atoms with Gasteiger partial charge in [-0.2, -0.15) is 0 Å². The molecule has 2 amide bonds. The zero-order valence-electron chi connectivity index (χ0n) is 8.33. The maximum atomic E-state index is 10.9. The molecule has 0 spiro atoms. The molecule has 0 aliphatic carbocycles. The van der Waals surface area contributed by atoms with Gasteiger partial charge in [0.1, 0.15) is 0 Å². The van der Waals surface area contributed by atoms with Crippen molar-refractivity contribution in [1.29, 1.82) is 0 Å². The number of nitrogens with zero attached hydrogens (tertiary/aromatic N) is 1. The molecule has 0 fully saturated rings. The smallest absolute Gasteiger partial charge is 0.253 e. The average Bonchev–Trinajstić information content (AvgIpc) is 2.47. The summed E-state index contributed by atoms with van der Waals surface area (Å²) in [5.74, 6) is -0.435. The van der Waals surface area contributed by atoms with E-state index in [1.54, 1.807) is 7.05 Å². The number of amides is 2. The monoisotopic (exact) mass is 184 g/mol. The highest BCUT2D eigenvalue weighted by molar-refractivity contribution is 6.12. The molecule has 0 saturated carbocycles. The lowest BCUT2D eigenvalue weighted by molar-refractivity contribution is -0.136. The van der Waals surface area contributed by atoms with Crippen LogP contribution in [0, 0.1) is 0 Å². The van der Waals surface area contributed by atoms with Gasteiger partial charge < -0.3 is 5.32 Å². The van der Waals surface area contributed by atoms with Crippen LogP contribution in [-0.4, -0.2) is 36.9 Å². The summed E-state index contributed by atoms with van der Waals surface area (Å²) in [5.41, 5.74) is 0. The SMILES string of the molecule is CC.CNCCN1C(=O)C=CC1=O. The average molecular weight is 184 g/mol. The summed E-state index contributed by atoms with van der Waals surface area (Å²) in [6.07, 6.45) is 2.58. The number of hydrogen-bond acceptors (Lipinski definition) is 3. The standard InChI is InChI=1S/C7H10N2O2.C2H6/c1-8-4-5-9-6(10)2-3-7(9)11;1-2/h2-3,8H,4-5H2,1H3;1-2H3. The summed E-state index contributed by atoms with van der Waals surface area (Å²) in [4.78, 5) is 23.0. The topological polar surface area (TPSA) is 49.4 Å². The van der Waals surface area contributed by atoms with Gasteiger partial charge in [-0.3, -0.25) is 14.5 Å². The maximum Gasteiger partial charge on any atom is 0.253 e. The maximum absolute atomic E-state index is 10.9. The fourth-order valence-electron chi connectivity index (χ4n) is 0.875. The van der Waals surface area contributed by atoms with Crippen molar-refractivity contribution in [1.82, 2.24) is 10.2 Å². The van der Waals surface area contributed by atoms with E-state index in [1.807, 2.05) is 13.8 Å². The first-order chi connectivity index (χ1) is 6.25. The van der Waals surface area contributed by atoms with Crippen molar-refractivity contribution in [3.8, 4) is 0 Å². The lowest BCUT2D eigenvalue weighted by Gasteiger charge is -2.12. The predicted molar refractivity (Wildman–Crippen MR) is 51.1 cm³/mol. The second kappa shape index (κ2) is 6.37. The zero-order chi connectivity index (χ0) is 10.3. The molecule has 1 aliphatic heterocycles. The van der Waals surface area contributed by atoms with E-state index in [4.69, 9.17) is 0 Å². The third kappa shape index (κ3) is 3.38. The van der Waals surface area contributed by atoms with Crippen LogP contribution in [0.4, 0.5) is 0 Å². The number of carbonyl (C=O) groups excluding carboxylic acids is 2. The highest BCUT2D eigenvalue weighted by atomic mass is 16.2. The van der Waals surface area contributed by atoms with Gasteiger partial charge in [0.15, 0.2) is 0 Å². The highest BCUT2D eigenvalue weighted by Crippen LogP contribution is 2.01. The van der Waals surface area contributed by atoms with Crippen molar-refractivity contribution in [3.05, 3.63) is 12.2 Å². The second-order valence-electron chi connectivity index (χ2n) is 2.27. The lowest BCUT2D eigenvalue weighted by atomic mass is 10.5. The van der Waals surface area contributed by atoms with Gasteiger partial charge in [-0.05, 0) is 7.05 Å². The molecule has 1 N–H and O–H groups in total. The predicted octanol–water partition coefficient (Wildman–Crippen LogP) is 0.157. The molecule has 4 nitrogen and oxygen atoms in total. The molecule has 0 unspecified atom stereocenters. The molecule has 0 aromatic rings. The molecule has 74 valence electrons. The van der Waals surface area contributed by atoms with Crippen LogP contribution in [0.25, 0.3) is 0 Å². The first-order valence-electron chi connectivity index (χ1n) is 4.44. The molecule has 0 aromatic carbocycles. The van der Waals surface area contributed by atoms with Crippen LogP contribution >= 0.6 is 0 Å². The number of nitrogens with one attached hydrogen (secondary N) is 1. The molecule has 0 atom stereocenters. The first-order valence-corrected chi connectivity index (χ1v) is 4.44. The van der Waals surface area contributed by atoms with E-state index < -0.39 is 0 Å². The van der Waals surface area contributed by atoms with Crippen LogP contribution < -0.4 is 5.32 Å². The molecular formula is C9H16N2O2. The van der Waals surface area contributed by atoms with Crippen molar-refractivity contribution in [2.45, 2.75) is 13.8 Å². The Labute approximate surface area is 78.6 Å². The van der Waals surface area contributed by atoms with E-state index in [0.717, 1.165) is 0 Å². The van der Waals surface area contributed by atoms with Gasteiger partial charge in [0.25, 0.3) is 11.8 Å². The number of rotatable bonds is 3. The van der Waals surface area contributed by atoms with Crippen LogP contribution in [0.2, 0.25) is 0 Å². The Bertz CT molecular complexity index is 194. The van der Waals surface area contributed by atoms with E-state index in [0.29, 0.717) is 13.1 Å². The van der Waals surface area contributed by atoms with Gasteiger partial charge in [0.2, 0.25) is 0 Å². The fraction of sp³-hybridized carbons (Fsp3) is 0.556. The first kappa shape index (κ1) is 11.8. The van der Waals surface area contributed by atoms with Crippen LogP contribution in [0.1, 0.15) is 13.8 Å². The lowest BCUT2D eigenvalue weighted by Crippen LogP contribution is -2.35. The summed E-state index contributed by atoms with van der Waals surface area (Å²) in [5, 5.41) is 2.86. The van der Waals surface area contributed by atoms with E-state index in [-0.39, 0.29) is 11.8 Å². The molecule has 1 heterocycles. The van der Waals surface area contributed by atoms with Crippen molar-refractivity contribution < 1.29 is 9.59 Å². The Morgan fingerprint density at radius 1 is 1.23 bits per heavy atom. The quantitative estimate of drug-likeness (QED) is 0.635. The Morgan fingerprint density at radius 3 is 2.08 bits per heavy atom. The molecule has 0 saturated heterocycles. The zero-order valence-corrected chi connectivity index (χ0v) is 8.33. The molecule has 13 heavy (non-hydrogen) atoms. The minimum Gasteiger partial charge on any atom is -0.318 e. The highest BCUT2D eigenvalue weighted by Gasteiger charge is 2.21. The summed E-state index contributed by atoms with van der Waals surface area (Å²) < 4.78 is 0. The molecule has 0 bridgehead atoms. The van der Waals surface area contributed by atoms with Gasteiger partial charge in [0, 0.05) is 25.2 Å². The molecule has 0 aromatic heterocycles. The molecular weight excluding hydrogens is 168 g/mol. The summed E-state index contributed by atoms with van der Waals surface area (Å²) >= 11 is 0. The summed E-state index contributed by atoms with van der Waals surface area (Å²) in [6.45, 7) is 5.08. The summed E-state index contributed by atoms with van der Waals surface area (Å²) in [7, 11) is 1.78. The normalized spacial score (nSPS) is 14.5. The molecule has 0 radical (unpaired) electrons. The number of hydrogen-bond donors (Lipinski definition) is 1. The van der Waals surface area contributed by atoms with Gasteiger partial charge in [0.05, 0.1) is 0 Å². The molecule has 1 aliphatic rings. The van der Waals surface area contributed by atoms with Gasteiger partial charge in [-0.1, -0.05) is 13.8 Å². The molecule has 4 heteroatoms. The summed E-state index contributed by atoms with van der Waals surface area (Å²) in [6, 6.07) is 0. The van der Waals surface area contributed by atoms with Gasteiger partial charge in [-0.15, -0.1) is 0 Å². The molecule has 1 rings (SSSR count). The van der Waals surface area contributed by atoms with Crippen LogP contribution in [-0.2, 0) is 9.59 Å². The Balaban J connectivity index is 0.000000671. The Kier molecular flexibility index (Phi) is 5.80. The van der Waals surface area contributed by atoms with Crippen molar-refractivity contribution in [3.63, 3.8) is 0 Å². The third-order valence-corrected chi connectivity index (χ3v) is 1.49. The van der Waals surface area contributed by atoms with E-state index in [1.165, 1.54) is 17.1 Å².